The molecule has 0 aromatic heterocycles. The van der Waals surface area contributed by atoms with E-state index in [0.717, 1.165) is 16.7 Å². The summed E-state index contributed by atoms with van der Waals surface area (Å²) in [5.41, 5.74) is 7.00. The van der Waals surface area contributed by atoms with Gasteiger partial charge in [-0.05, 0) is 74.4 Å². The number of aryl methyl sites for hydroxylation is 2. The summed E-state index contributed by atoms with van der Waals surface area (Å²) in [5, 5.41) is 7.64. The number of hydrogen-bond donors (Lipinski definition) is 2. The van der Waals surface area contributed by atoms with E-state index in [1.165, 1.54) is 0 Å². The van der Waals surface area contributed by atoms with Crippen molar-refractivity contribution in [1.82, 2.24) is 5.43 Å². The first-order chi connectivity index (χ1) is 15.3. The van der Waals surface area contributed by atoms with Gasteiger partial charge in [0.15, 0.2) is 6.61 Å². The smallest absolute Gasteiger partial charge is 0.277 e. The number of amides is 2. The number of hydrazone groups is 1. The van der Waals surface area contributed by atoms with Gasteiger partial charge in [0.1, 0.15) is 5.75 Å². The van der Waals surface area contributed by atoms with Crippen LogP contribution >= 0.6 is 11.6 Å². The molecule has 6 nitrogen and oxygen atoms in total. The van der Waals surface area contributed by atoms with Crippen LogP contribution < -0.4 is 15.5 Å². The molecule has 2 amide bonds. The number of anilines is 1. The van der Waals surface area contributed by atoms with Crippen LogP contribution in [0.15, 0.2) is 71.8 Å². The van der Waals surface area contributed by atoms with Crippen molar-refractivity contribution in [2.45, 2.75) is 20.8 Å². The Balaban J connectivity index is 1.57. The second kappa shape index (κ2) is 10.6. The topological polar surface area (TPSA) is 79.8 Å². The van der Waals surface area contributed by atoms with E-state index in [1.807, 2.05) is 38.1 Å². The lowest BCUT2D eigenvalue weighted by molar-refractivity contribution is -0.123. The Morgan fingerprint density at radius 3 is 2.44 bits per heavy atom. The van der Waals surface area contributed by atoms with Gasteiger partial charge in [-0.25, -0.2) is 5.43 Å². The molecule has 0 aliphatic carbocycles. The lowest BCUT2D eigenvalue weighted by Gasteiger charge is -2.09. The molecule has 3 aromatic carbocycles. The largest absolute Gasteiger partial charge is 0.484 e. The lowest BCUT2D eigenvalue weighted by Crippen LogP contribution is -2.25. The molecule has 0 atom stereocenters. The molecular formula is C25H24ClN3O3. The van der Waals surface area contributed by atoms with Crippen molar-refractivity contribution in [1.29, 1.82) is 0 Å². The van der Waals surface area contributed by atoms with Crippen LogP contribution in [-0.4, -0.2) is 24.1 Å². The molecule has 164 valence electrons. The first-order valence-corrected chi connectivity index (χ1v) is 10.4. The predicted octanol–water partition coefficient (Wildman–Crippen LogP) is 5.13. The Labute approximate surface area is 192 Å². The van der Waals surface area contributed by atoms with Crippen LogP contribution in [0.25, 0.3) is 0 Å². The van der Waals surface area contributed by atoms with Crippen molar-refractivity contribution in [3.05, 3.63) is 94.0 Å². The first kappa shape index (κ1) is 23.0. The first-order valence-electron chi connectivity index (χ1n) is 10.0. The summed E-state index contributed by atoms with van der Waals surface area (Å²) >= 11 is 5.99. The number of benzene rings is 3. The number of hydrogen-bond acceptors (Lipinski definition) is 4. The zero-order valence-electron chi connectivity index (χ0n) is 18.1. The summed E-state index contributed by atoms with van der Waals surface area (Å²) in [6, 6.07) is 19.8. The number of nitrogens with one attached hydrogen (secondary N) is 2. The third kappa shape index (κ3) is 6.43. The molecule has 0 aliphatic rings. The maximum absolute atomic E-state index is 12.4. The molecule has 0 bridgehead atoms. The molecule has 0 radical (unpaired) electrons. The van der Waals surface area contributed by atoms with Gasteiger partial charge in [0.25, 0.3) is 11.8 Å². The molecule has 7 heteroatoms. The van der Waals surface area contributed by atoms with Gasteiger partial charge in [-0.15, -0.1) is 0 Å². The van der Waals surface area contributed by atoms with Crippen LogP contribution in [0.1, 0.15) is 34.0 Å². The van der Waals surface area contributed by atoms with Crippen LogP contribution in [0.2, 0.25) is 5.02 Å². The van der Waals surface area contributed by atoms with E-state index in [0.29, 0.717) is 27.7 Å². The summed E-state index contributed by atoms with van der Waals surface area (Å²) < 4.78 is 5.47. The summed E-state index contributed by atoms with van der Waals surface area (Å²) in [5.74, 6) is -0.0276. The van der Waals surface area contributed by atoms with E-state index < -0.39 is 0 Å². The third-order valence-electron chi connectivity index (χ3n) is 4.70. The Morgan fingerprint density at radius 2 is 1.72 bits per heavy atom. The van der Waals surface area contributed by atoms with Crippen LogP contribution in [-0.2, 0) is 4.79 Å². The van der Waals surface area contributed by atoms with Crippen LogP contribution in [0.3, 0.4) is 0 Å². The quantitative estimate of drug-likeness (QED) is 0.387. The molecule has 0 fully saturated rings. The Bertz CT molecular complexity index is 1160. The highest BCUT2D eigenvalue weighted by molar-refractivity contribution is 6.31. The van der Waals surface area contributed by atoms with Gasteiger partial charge < -0.3 is 10.1 Å². The van der Waals surface area contributed by atoms with E-state index in [2.05, 4.69) is 15.8 Å². The molecule has 2 N–H and O–H groups in total. The zero-order valence-corrected chi connectivity index (χ0v) is 18.9. The number of ether oxygens (including phenoxy) is 1. The third-order valence-corrected chi connectivity index (χ3v) is 5.12. The molecular weight excluding hydrogens is 426 g/mol. The predicted molar refractivity (Wildman–Crippen MR) is 128 cm³/mol. The highest BCUT2D eigenvalue weighted by atomic mass is 35.5. The summed E-state index contributed by atoms with van der Waals surface area (Å²) in [7, 11) is 0. The minimum Gasteiger partial charge on any atom is -0.484 e. The fraction of sp³-hybridized carbons (Fsp3) is 0.160. The molecule has 3 aromatic rings. The van der Waals surface area contributed by atoms with Crippen LogP contribution in [0.4, 0.5) is 5.69 Å². The van der Waals surface area contributed by atoms with Crippen molar-refractivity contribution < 1.29 is 14.3 Å². The molecule has 0 saturated heterocycles. The van der Waals surface area contributed by atoms with Crippen LogP contribution in [0, 0.1) is 13.8 Å². The van der Waals surface area contributed by atoms with E-state index >= 15 is 0 Å². The fourth-order valence-corrected chi connectivity index (χ4v) is 2.95. The second-order valence-corrected chi connectivity index (χ2v) is 7.74. The normalized spacial score (nSPS) is 11.1. The minimum absolute atomic E-state index is 0.176. The fourth-order valence-electron chi connectivity index (χ4n) is 2.83. The van der Waals surface area contributed by atoms with Gasteiger partial charge >= 0.3 is 0 Å². The number of carbonyl (C=O) groups excluding carboxylic acids is 2. The Morgan fingerprint density at radius 1 is 0.969 bits per heavy atom. The standard InChI is InChI=1S/C25H24ClN3O3/c1-16-7-9-19(10-8-16)25(31)27-21-6-4-5-20(14-21)18(3)28-29-24(30)15-32-22-11-12-23(26)17(2)13-22/h4-14H,15H2,1-3H3,(H,27,31)(H,29,30)/b28-18-. The minimum atomic E-state index is -0.388. The number of carbonyl (C=O) groups is 2. The highest BCUT2D eigenvalue weighted by Crippen LogP contribution is 2.21. The molecule has 0 unspecified atom stereocenters. The van der Waals surface area contributed by atoms with Gasteiger partial charge in [0, 0.05) is 16.3 Å². The van der Waals surface area contributed by atoms with Gasteiger partial charge in [-0.2, -0.15) is 5.10 Å². The number of rotatable bonds is 7. The zero-order chi connectivity index (χ0) is 23.1. The molecule has 32 heavy (non-hydrogen) atoms. The Kier molecular flexibility index (Phi) is 7.63. The summed E-state index contributed by atoms with van der Waals surface area (Å²) in [6.45, 7) is 5.42. The lowest BCUT2D eigenvalue weighted by atomic mass is 10.1. The molecule has 0 heterocycles. The molecule has 0 saturated carbocycles. The number of nitrogens with zero attached hydrogens (tertiary/aromatic N) is 1. The maximum Gasteiger partial charge on any atom is 0.277 e. The van der Waals surface area contributed by atoms with E-state index in [9.17, 15) is 9.59 Å². The highest BCUT2D eigenvalue weighted by Gasteiger charge is 2.08. The average Bonchev–Trinajstić information content (AvgIpc) is 2.78. The second-order valence-electron chi connectivity index (χ2n) is 7.33. The van der Waals surface area contributed by atoms with E-state index in [-0.39, 0.29) is 18.4 Å². The maximum atomic E-state index is 12.4. The van der Waals surface area contributed by atoms with Gasteiger partial charge in [-0.3, -0.25) is 9.59 Å². The monoisotopic (exact) mass is 449 g/mol. The summed E-state index contributed by atoms with van der Waals surface area (Å²) in [4.78, 5) is 24.5. The van der Waals surface area contributed by atoms with Crippen molar-refractivity contribution in [3.63, 3.8) is 0 Å². The summed E-state index contributed by atoms with van der Waals surface area (Å²) in [6.07, 6.45) is 0. The van der Waals surface area contributed by atoms with E-state index in [1.54, 1.807) is 49.4 Å². The Hall–Kier alpha value is -3.64. The molecule has 3 rings (SSSR count). The molecule has 0 spiro atoms. The molecule has 0 aliphatic heterocycles. The van der Waals surface area contributed by atoms with Gasteiger partial charge in [0.05, 0.1) is 5.71 Å². The SMILES string of the molecule is C/C(=N/NC(=O)COc1ccc(Cl)c(C)c1)c1cccc(NC(=O)c2ccc(C)cc2)c1. The van der Waals surface area contributed by atoms with Crippen LogP contribution in [0.5, 0.6) is 5.75 Å². The van der Waals surface area contributed by atoms with Crippen molar-refractivity contribution in [3.8, 4) is 5.75 Å². The van der Waals surface area contributed by atoms with Crippen molar-refractivity contribution in [2.75, 3.05) is 11.9 Å². The van der Waals surface area contributed by atoms with E-state index in [4.69, 9.17) is 16.3 Å². The van der Waals surface area contributed by atoms with Crippen molar-refractivity contribution >= 4 is 34.8 Å². The number of halogens is 1. The van der Waals surface area contributed by atoms with Gasteiger partial charge in [-0.1, -0.05) is 41.4 Å². The van der Waals surface area contributed by atoms with Gasteiger partial charge in [0.2, 0.25) is 0 Å². The average molecular weight is 450 g/mol. The van der Waals surface area contributed by atoms with Crippen molar-refractivity contribution in [2.24, 2.45) is 5.10 Å².